The highest BCUT2D eigenvalue weighted by Gasteiger charge is 2.57. The van der Waals surface area contributed by atoms with E-state index in [0.717, 1.165) is 24.7 Å². The van der Waals surface area contributed by atoms with Crippen molar-refractivity contribution in [2.75, 3.05) is 6.61 Å². The van der Waals surface area contributed by atoms with Crippen LogP contribution in [0, 0.1) is 22.7 Å². The van der Waals surface area contributed by atoms with Gasteiger partial charge in [-0.3, -0.25) is 4.79 Å². The lowest BCUT2D eigenvalue weighted by Gasteiger charge is -2.55. The second kappa shape index (κ2) is 9.11. The molecule has 0 aromatic heterocycles. The number of carbonyl (C=O) groups is 1. The summed E-state index contributed by atoms with van der Waals surface area (Å²) in [5.41, 5.74) is 0.0500. The molecule has 0 heterocycles. The predicted molar refractivity (Wildman–Crippen MR) is 108 cm³/mol. The fourth-order valence-corrected chi connectivity index (χ4v) is 7.09. The van der Waals surface area contributed by atoms with Crippen molar-refractivity contribution in [3.8, 4) is 0 Å². The molecule has 3 rings (SSSR count). The van der Waals surface area contributed by atoms with Crippen LogP contribution in [0.25, 0.3) is 0 Å². The Morgan fingerprint density at radius 1 is 0.808 bits per heavy atom. The smallest absolute Gasteiger partial charge is 0.312 e. The maximum Gasteiger partial charge on any atom is 0.312 e. The molecule has 2 heteroatoms. The van der Waals surface area contributed by atoms with Gasteiger partial charge < -0.3 is 4.74 Å². The van der Waals surface area contributed by atoms with Crippen LogP contribution in [0.5, 0.6) is 0 Å². The number of hydrogen-bond donors (Lipinski definition) is 0. The fraction of sp³-hybridized carbons (Fsp3) is 0.958. The van der Waals surface area contributed by atoms with Crippen LogP contribution in [-0.2, 0) is 9.53 Å². The molecule has 0 spiro atoms. The van der Waals surface area contributed by atoms with Crippen molar-refractivity contribution >= 4 is 5.97 Å². The van der Waals surface area contributed by atoms with Crippen LogP contribution in [0.1, 0.15) is 117 Å². The van der Waals surface area contributed by atoms with Gasteiger partial charge in [-0.25, -0.2) is 0 Å². The van der Waals surface area contributed by atoms with Crippen molar-refractivity contribution in [3.05, 3.63) is 0 Å². The van der Waals surface area contributed by atoms with Gasteiger partial charge in [-0.2, -0.15) is 0 Å². The van der Waals surface area contributed by atoms with Gasteiger partial charge in [-0.05, 0) is 69.1 Å². The van der Waals surface area contributed by atoms with Gasteiger partial charge in [0.1, 0.15) is 0 Å². The quantitative estimate of drug-likeness (QED) is 0.473. The standard InChI is InChI=1S/C24H42O2/c1-3-15-23(24(22(25)26-4-2)16-9-6-10-17-24)18-13-21(14-19-23)20-11-7-5-8-12-20/h20-21H,3-19H2,1-2H3/t21-,23+. The first kappa shape index (κ1) is 20.2. The number of esters is 1. The molecule has 0 atom stereocenters. The Morgan fingerprint density at radius 3 is 1.96 bits per heavy atom. The Bertz CT molecular complexity index is 435. The SMILES string of the molecule is CCC[C@]1(C2(C(=O)OCC)CCCCC2)CC[C@@H](C2CCCCC2)CC1. The third-order valence-electron chi connectivity index (χ3n) is 8.42. The van der Waals surface area contributed by atoms with Gasteiger partial charge in [0.25, 0.3) is 0 Å². The third kappa shape index (κ3) is 3.85. The van der Waals surface area contributed by atoms with E-state index in [2.05, 4.69) is 6.92 Å². The molecule has 0 aromatic carbocycles. The van der Waals surface area contributed by atoms with E-state index in [1.54, 1.807) is 0 Å². The van der Waals surface area contributed by atoms with Gasteiger partial charge in [-0.15, -0.1) is 0 Å². The monoisotopic (exact) mass is 362 g/mol. The van der Waals surface area contributed by atoms with E-state index >= 15 is 0 Å². The molecule has 3 aliphatic carbocycles. The molecule has 3 saturated carbocycles. The summed E-state index contributed by atoms with van der Waals surface area (Å²) in [6, 6.07) is 0. The highest BCUT2D eigenvalue weighted by Crippen LogP contribution is 2.61. The van der Waals surface area contributed by atoms with E-state index in [4.69, 9.17) is 4.74 Å². The minimum Gasteiger partial charge on any atom is -0.466 e. The summed E-state index contributed by atoms with van der Waals surface area (Å²) in [4.78, 5) is 13.3. The number of carbonyl (C=O) groups excluding carboxylic acids is 1. The molecule has 2 nitrogen and oxygen atoms in total. The van der Waals surface area contributed by atoms with Gasteiger partial charge in [0.05, 0.1) is 12.0 Å². The Balaban J connectivity index is 1.78. The van der Waals surface area contributed by atoms with Crippen molar-refractivity contribution in [2.24, 2.45) is 22.7 Å². The summed E-state index contributed by atoms with van der Waals surface area (Å²) in [6.45, 7) is 4.82. The van der Waals surface area contributed by atoms with Crippen LogP contribution >= 0.6 is 0 Å². The second-order valence-corrected chi connectivity index (χ2v) is 9.63. The molecule has 0 unspecified atom stereocenters. The van der Waals surface area contributed by atoms with Crippen molar-refractivity contribution < 1.29 is 9.53 Å². The van der Waals surface area contributed by atoms with Gasteiger partial charge in [-0.1, -0.05) is 64.7 Å². The highest BCUT2D eigenvalue weighted by atomic mass is 16.5. The van der Waals surface area contributed by atoms with Gasteiger partial charge in [0.15, 0.2) is 0 Å². The molecule has 0 saturated heterocycles. The topological polar surface area (TPSA) is 26.3 Å². The summed E-state index contributed by atoms with van der Waals surface area (Å²) in [6.07, 6.45) is 20.9. The molecule has 26 heavy (non-hydrogen) atoms. The van der Waals surface area contributed by atoms with E-state index in [1.807, 2.05) is 6.92 Å². The highest BCUT2D eigenvalue weighted by molar-refractivity contribution is 5.78. The van der Waals surface area contributed by atoms with E-state index in [1.165, 1.54) is 89.9 Å². The number of hydrogen-bond acceptors (Lipinski definition) is 2. The van der Waals surface area contributed by atoms with Gasteiger partial charge in [0, 0.05) is 0 Å². The second-order valence-electron chi connectivity index (χ2n) is 9.63. The zero-order valence-electron chi connectivity index (χ0n) is 17.5. The number of ether oxygens (including phenoxy) is 1. The predicted octanol–water partition coefficient (Wildman–Crippen LogP) is 7.06. The average Bonchev–Trinajstić information content (AvgIpc) is 2.70. The molecule has 150 valence electrons. The van der Waals surface area contributed by atoms with Gasteiger partial charge >= 0.3 is 5.97 Å². The minimum atomic E-state index is -0.172. The molecule has 0 amide bonds. The lowest BCUT2D eigenvalue weighted by atomic mass is 9.49. The van der Waals surface area contributed by atoms with Crippen molar-refractivity contribution in [1.29, 1.82) is 0 Å². The van der Waals surface area contributed by atoms with Crippen molar-refractivity contribution in [2.45, 2.75) is 117 Å². The van der Waals surface area contributed by atoms with Crippen LogP contribution in [0.15, 0.2) is 0 Å². The van der Waals surface area contributed by atoms with Crippen molar-refractivity contribution in [1.82, 2.24) is 0 Å². The van der Waals surface area contributed by atoms with E-state index in [0.29, 0.717) is 6.61 Å². The minimum absolute atomic E-state index is 0.157. The van der Waals surface area contributed by atoms with E-state index < -0.39 is 0 Å². The first-order valence-electron chi connectivity index (χ1n) is 11.8. The summed E-state index contributed by atoms with van der Waals surface area (Å²) < 4.78 is 5.71. The molecule has 0 radical (unpaired) electrons. The summed E-state index contributed by atoms with van der Waals surface area (Å²) >= 11 is 0. The van der Waals surface area contributed by atoms with Crippen LogP contribution in [0.3, 0.4) is 0 Å². The third-order valence-corrected chi connectivity index (χ3v) is 8.42. The van der Waals surface area contributed by atoms with E-state index in [9.17, 15) is 4.79 Å². The summed E-state index contributed by atoms with van der Waals surface area (Å²) in [5, 5.41) is 0. The van der Waals surface area contributed by atoms with E-state index in [-0.39, 0.29) is 16.8 Å². The summed E-state index contributed by atoms with van der Waals surface area (Å²) in [7, 11) is 0. The maximum absolute atomic E-state index is 13.3. The Labute approximate surface area is 161 Å². The Hall–Kier alpha value is -0.530. The van der Waals surface area contributed by atoms with Gasteiger partial charge in [0.2, 0.25) is 0 Å². The van der Waals surface area contributed by atoms with Crippen molar-refractivity contribution in [3.63, 3.8) is 0 Å². The lowest BCUT2D eigenvalue weighted by molar-refractivity contribution is -0.174. The van der Waals surface area contributed by atoms with Crippen LogP contribution in [0.2, 0.25) is 0 Å². The zero-order valence-corrected chi connectivity index (χ0v) is 17.5. The first-order valence-corrected chi connectivity index (χ1v) is 11.8. The summed E-state index contributed by atoms with van der Waals surface area (Å²) in [5.74, 6) is 2.07. The van der Waals surface area contributed by atoms with Crippen LogP contribution in [-0.4, -0.2) is 12.6 Å². The molecule has 3 aliphatic rings. The Morgan fingerprint density at radius 2 is 1.38 bits per heavy atom. The Kier molecular flexibility index (Phi) is 7.08. The molecule has 0 N–H and O–H groups in total. The lowest BCUT2D eigenvalue weighted by Crippen LogP contribution is -2.52. The molecular weight excluding hydrogens is 320 g/mol. The molecule has 3 fully saturated rings. The largest absolute Gasteiger partial charge is 0.466 e. The molecule has 0 aromatic rings. The molecule has 0 bridgehead atoms. The zero-order chi connectivity index (χ0) is 18.5. The normalized spacial score (nSPS) is 32.9. The fourth-order valence-electron chi connectivity index (χ4n) is 7.09. The maximum atomic E-state index is 13.3. The molecular formula is C24H42O2. The number of rotatable bonds is 6. The van der Waals surface area contributed by atoms with Crippen LogP contribution in [0.4, 0.5) is 0 Å². The average molecular weight is 363 g/mol. The van der Waals surface area contributed by atoms with Crippen LogP contribution < -0.4 is 0 Å². The molecule has 0 aliphatic heterocycles. The first-order chi connectivity index (χ1) is 12.7.